The van der Waals surface area contributed by atoms with Gasteiger partial charge in [-0.3, -0.25) is 9.36 Å². The SMILES string of the molecule is CC(=O)N/N=c1/scc(-c2ccc(Cl)cc2)n1-c1ccccc1. The molecule has 0 saturated heterocycles. The second-order valence-electron chi connectivity index (χ2n) is 4.86. The third-order valence-corrected chi connectivity index (χ3v) is 4.25. The van der Waals surface area contributed by atoms with Gasteiger partial charge in [-0.25, -0.2) is 5.43 Å². The first-order valence-electron chi connectivity index (χ1n) is 6.97. The van der Waals surface area contributed by atoms with E-state index in [4.69, 9.17) is 11.6 Å². The molecule has 3 aromatic rings. The van der Waals surface area contributed by atoms with Gasteiger partial charge in [-0.1, -0.05) is 41.9 Å². The maximum Gasteiger partial charge on any atom is 0.237 e. The van der Waals surface area contributed by atoms with Crippen molar-refractivity contribution in [2.24, 2.45) is 5.10 Å². The summed E-state index contributed by atoms with van der Waals surface area (Å²) in [5, 5.41) is 6.91. The number of carbonyl (C=O) groups excluding carboxylic acids is 1. The van der Waals surface area contributed by atoms with Crippen LogP contribution in [0.4, 0.5) is 0 Å². The third kappa shape index (κ3) is 3.52. The number of carbonyl (C=O) groups is 1. The molecule has 0 aliphatic rings. The second-order valence-corrected chi connectivity index (χ2v) is 6.13. The minimum atomic E-state index is -0.203. The number of benzene rings is 2. The van der Waals surface area contributed by atoms with Gasteiger partial charge in [0.2, 0.25) is 10.7 Å². The Kier molecular flexibility index (Phi) is 4.60. The third-order valence-electron chi connectivity index (χ3n) is 3.17. The molecule has 0 atom stereocenters. The van der Waals surface area contributed by atoms with Crippen LogP contribution in [0.1, 0.15) is 6.92 Å². The van der Waals surface area contributed by atoms with Crippen LogP contribution in [0.15, 0.2) is 65.1 Å². The fraction of sp³-hybridized carbons (Fsp3) is 0.0588. The number of amides is 1. The van der Waals surface area contributed by atoms with E-state index < -0.39 is 0 Å². The average Bonchev–Trinajstić information content (AvgIpc) is 2.98. The highest BCUT2D eigenvalue weighted by atomic mass is 35.5. The van der Waals surface area contributed by atoms with Gasteiger partial charge in [0.25, 0.3) is 0 Å². The van der Waals surface area contributed by atoms with Gasteiger partial charge in [-0.2, -0.15) is 0 Å². The molecule has 0 unspecified atom stereocenters. The maximum atomic E-state index is 11.2. The molecule has 0 aliphatic heterocycles. The average molecular weight is 344 g/mol. The Morgan fingerprint density at radius 3 is 2.48 bits per heavy atom. The number of nitrogens with zero attached hydrogens (tertiary/aromatic N) is 2. The van der Waals surface area contributed by atoms with Crippen molar-refractivity contribution in [3.63, 3.8) is 0 Å². The number of para-hydroxylation sites is 1. The van der Waals surface area contributed by atoms with Crippen molar-refractivity contribution in [1.82, 2.24) is 9.99 Å². The molecule has 0 radical (unpaired) electrons. The molecule has 0 saturated carbocycles. The maximum absolute atomic E-state index is 11.2. The van der Waals surface area contributed by atoms with Gasteiger partial charge in [0.1, 0.15) is 0 Å². The summed E-state index contributed by atoms with van der Waals surface area (Å²) in [6, 6.07) is 17.5. The van der Waals surface area contributed by atoms with Gasteiger partial charge < -0.3 is 0 Å². The van der Waals surface area contributed by atoms with Crippen LogP contribution < -0.4 is 10.2 Å². The van der Waals surface area contributed by atoms with Crippen LogP contribution in [0.25, 0.3) is 16.9 Å². The molecule has 4 nitrogen and oxygen atoms in total. The van der Waals surface area contributed by atoms with Crippen molar-refractivity contribution in [3.05, 3.63) is 69.8 Å². The molecule has 3 rings (SSSR count). The summed E-state index contributed by atoms with van der Waals surface area (Å²) in [4.78, 5) is 11.8. The van der Waals surface area contributed by atoms with Gasteiger partial charge in [0.05, 0.1) is 5.69 Å². The molecule has 2 aromatic carbocycles. The zero-order chi connectivity index (χ0) is 16.2. The van der Waals surface area contributed by atoms with Crippen LogP contribution >= 0.6 is 22.9 Å². The van der Waals surface area contributed by atoms with Crippen molar-refractivity contribution < 1.29 is 4.79 Å². The number of hydrogen-bond donors (Lipinski definition) is 1. The summed E-state index contributed by atoms with van der Waals surface area (Å²) in [5.74, 6) is -0.203. The van der Waals surface area contributed by atoms with Gasteiger partial charge in [-0.05, 0) is 29.8 Å². The molecular weight excluding hydrogens is 330 g/mol. The van der Waals surface area contributed by atoms with E-state index in [0.717, 1.165) is 16.9 Å². The normalized spacial score (nSPS) is 11.5. The van der Waals surface area contributed by atoms with E-state index in [1.54, 1.807) is 0 Å². The van der Waals surface area contributed by atoms with Gasteiger partial charge >= 0.3 is 0 Å². The number of thiazole rings is 1. The van der Waals surface area contributed by atoms with Crippen LogP contribution in [0.3, 0.4) is 0 Å². The van der Waals surface area contributed by atoms with E-state index in [-0.39, 0.29) is 5.91 Å². The van der Waals surface area contributed by atoms with Gasteiger partial charge in [-0.15, -0.1) is 16.4 Å². The lowest BCUT2D eigenvalue weighted by molar-refractivity contribution is -0.119. The van der Waals surface area contributed by atoms with Gasteiger partial charge in [0.15, 0.2) is 0 Å². The molecular formula is C17H14ClN3OS. The molecule has 0 fully saturated rings. The largest absolute Gasteiger partial charge is 0.284 e. The van der Waals surface area contributed by atoms with Crippen molar-refractivity contribution in [1.29, 1.82) is 0 Å². The lowest BCUT2D eigenvalue weighted by Crippen LogP contribution is -2.21. The van der Waals surface area contributed by atoms with Crippen LogP contribution in [-0.2, 0) is 4.79 Å². The zero-order valence-corrected chi connectivity index (χ0v) is 13.9. The van der Waals surface area contributed by atoms with E-state index in [1.165, 1.54) is 18.3 Å². The van der Waals surface area contributed by atoms with Crippen LogP contribution in [0.2, 0.25) is 5.02 Å². The molecule has 23 heavy (non-hydrogen) atoms. The Morgan fingerprint density at radius 1 is 1.13 bits per heavy atom. The quantitative estimate of drug-likeness (QED) is 0.722. The topological polar surface area (TPSA) is 46.4 Å². The minimum absolute atomic E-state index is 0.203. The van der Waals surface area contributed by atoms with E-state index in [1.807, 2.05) is 64.5 Å². The number of halogens is 1. The van der Waals surface area contributed by atoms with E-state index in [0.29, 0.717) is 9.82 Å². The molecule has 1 aromatic heterocycles. The molecule has 116 valence electrons. The Hall–Kier alpha value is -2.37. The Morgan fingerprint density at radius 2 is 1.83 bits per heavy atom. The number of nitrogens with one attached hydrogen (secondary N) is 1. The summed E-state index contributed by atoms with van der Waals surface area (Å²) >= 11 is 7.44. The smallest absolute Gasteiger partial charge is 0.237 e. The highest BCUT2D eigenvalue weighted by Crippen LogP contribution is 2.24. The van der Waals surface area contributed by atoms with Crippen molar-refractivity contribution in [3.8, 4) is 16.9 Å². The molecule has 6 heteroatoms. The molecule has 1 heterocycles. The van der Waals surface area contributed by atoms with Crippen molar-refractivity contribution in [2.45, 2.75) is 6.92 Å². The first-order chi connectivity index (χ1) is 11.1. The lowest BCUT2D eigenvalue weighted by Gasteiger charge is -2.09. The fourth-order valence-electron chi connectivity index (χ4n) is 2.16. The fourth-order valence-corrected chi connectivity index (χ4v) is 3.16. The van der Waals surface area contributed by atoms with Crippen LogP contribution in [0, 0.1) is 0 Å². The van der Waals surface area contributed by atoms with E-state index >= 15 is 0 Å². The molecule has 0 spiro atoms. The monoisotopic (exact) mass is 343 g/mol. The van der Waals surface area contributed by atoms with Crippen LogP contribution in [-0.4, -0.2) is 10.5 Å². The molecule has 0 bridgehead atoms. The number of rotatable bonds is 3. The van der Waals surface area contributed by atoms with Crippen molar-refractivity contribution >= 4 is 28.8 Å². The first kappa shape index (κ1) is 15.5. The van der Waals surface area contributed by atoms with Crippen LogP contribution in [0.5, 0.6) is 0 Å². The predicted octanol–water partition coefficient (Wildman–Crippen LogP) is 3.81. The molecule has 1 N–H and O–H groups in total. The van der Waals surface area contributed by atoms with Crippen molar-refractivity contribution in [2.75, 3.05) is 0 Å². The first-order valence-corrected chi connectivity index (χ1v) is 8.23. The number of hydrogen-bond acceptors (Lipinski definition) is 3. The number of aromatic nitrogens is 1. The lowest BCUT2D eigenvalue weighted by atomic mass is 10.1. The zero-order valence-electron chi connectivity index (χ0n) is 12.4. The summed E-state index contributed by atoms with van der Waals surface area (Å²) < 4.78 is 2.00. The Bertz CT molecular complexity index is 882. The standard InChI is InChI=1S/C17H14ClN3OS/c1-12(22)19-20-17-21(15-5-3-2-4-6-15)16(11-23-17)13-7-9-14(18)10-8-13/h2-11H,1H3,(H,19,22)/b20-17+. The second kappa shape index (κ2) is 6.81. The molecule has 1 amide bonds. The predicted molar refractivity (Wildman–Crippen MR) is 93.5 cm³/mol. The Labute approximate surface area is 142 Å². The minimum Gasteiger partial charge on any atom is -0.284 e. The highest BCUT2D eigenvalue weighted by molar-refractivity contribution is 7.07. The highest BCUT2D eigenvalue weighted by Gasteiger charge is 2.10. The van der Waals surface area contributed by atoms with E-state index in [9.17, 15) is 4.79 Å². The summed E-state index contributed by atoms with van der Waals surface area (Å²) in [6.07, 6.45) is 0. The van der Waals surface area contributed by atoms with E-state index in [2.05, 4.69) is 10.5 Å². The summed E-state index contributed by atoms with van der Waals surface area (Å²) in [7, 11) is 0. The Balaban J connectivity index is 2.19. The summed E-state index contributed by atoms with van der Waals surface area (Å²) in [5.41, 5.74) is 5.49. The van der Waals surface area contributed by atoms with Gasteiger partial charge in [0, 0.05) is 23.0 Å². The summed E-state index contributed by atoms with van der Waals surface area (Å²) in [6.45, 7) is 1.43. The molecule has 0 aliphatic carbocycles.